The van der Waals surface area contributed by atoms with Crippen molar-refractivity contribution >= 4 is 5.91 Å². The molecule has 1 aromatic carbocycles. The van der Waals surface area contributed by atoms with Gasteiger partial charge in [-0.15, -0.1) is 0 Å². The Bertz CT molecular complexity index is 860. The number of hydrogen-bond acceptors (Lipinski definition) is 3. The highest BCUT2D eigenvalue weighted by molar-refractivity contribution is 5.83. The molecule has 2 aliphatic rings. The molecule has 0 saturated carbocycles. The van der Waals surface area contributed by atoms with Crippen LogP contribution in [0.4, 0.5) is 4.39 Å². The van der Waals surface area contributed by atoms with Crippen LogP contribution in [0.25, 0.3) is 5.69 Å². The first kappa shape index (κ1) is 18.2. The zero-order valence-corrected chi connectivity index (χ0v) is 16.3. The Morgan fingerprint density at radius 3 is 2.63 bits per heavy atom. The number of nitrogens with zero attached hydrogens (tertiary/aromatic N) is 4. The van der Waals surface area contributed by atoms with Gasteiger partial charge in [-0.25, -0.2) is 9.07 Å². The number of carbonyl (C=O) groups is 1. The first-order valence-corrected chi connectivity index (χ1v) is 9.69. The van der Waals surface area contributed by atoms with Crippen molar-refractivity contribution in [2.75, 3.05) is 26.7 Å². The van der Waals surface area contributed by atoms with E-state index in [4.69, 9.17) is 0 Å². The topological polar surface area (TPSA) is 41.4 Å². The van der Waals surface area contributed by atoms with Crippen molar-refractivity contribution in [3.63, 3.8) is 0 Å². The SMILES string of the molecule is Cc1nn(-c2ccc(F)cc2)c(C)c1CN1CC[C@@]2(CCCN(C)C2=O)C1. The normalized spacial score (nSPS) is 23.6. The molecule has 0 aliphatic carbocycles. The largest absolute Gasteiger partial charge is 0.345 e. The third-order valence-corrected chi connectivity index (χ3v) is 6.28. The number of rotatable bonds is 3. The summed E-state index contributed by atoms with van der Waals surface area (Å²) >= 11 is 0. The van der Waals surface area contributed by atoms with Gasteiger partial charge in [0.25, 0.3) is 0 Å². The Morgan fingerprint density at radius 2 is 1.89 bits per heavy atom. The van der Waals surface area contributed by atoms with Crippen molar-refractivity contribution in [2.24, 2.45) is 5.41 Å². The fraction of sp³-hybridized carbons (Fsp3) is 0.524. The summed E-state index contributed by atoms with van der Waals surface area (Å²) in [4.78, 5) is 17.0. The van der Waals surface area contributed by atoms with Gasteiger partial charge in [0.15, 0.2) is 0 Å². The minimum atomic E-state index is -0.245. The van der Waals surface area contributed by atoms with E-state index in [1.807, 2.05) is 23.6 Å². The lowest BCUT2D eigenvalue weighted by molar-refractivity contribution is -0.143. The van der Waals surface area contributed by atoms with Crippen molar-refractivity contribution < 1.29 is 9.18 Å². The minimum absolute atomic E-state index is 0.193. The monoisotopic (exact) mass is 370 g/mol. The van der Waals surface area contributed by atoms with Gasteiger partial charge in [-0.05, 0) is 63.9 Å². The van der Waals surface area contributed by atoms with Crippen LogP contribution in [0, 0.1) is 25.1 Å². The number of likely N-dealkylation sites (tertiary alicyclic amines) is 2. The van der Waals surface area contributed by atoms with Gasteiger partial charge in [0.05, 0.1) is 16.8 Å². The van der Waals surface area contributed by atoms with Crippen molar-refractivity contribution in [3.8, 4) is 5.69 Å². The van der Waals surface area contributed by atoms with Crippen LogP contribution < -0.4 is 0 Å². The summed E-state index contributed by atoms with van der Waals surface area (Å²) in [5.41, 5.74) is 3.94. The van der Waals surface area contributed by atoms with Crippen LogP contribution in [0.1, 0.15) is 36.2 Å². The highest BCUT2D eigenvalue weighted by atomic mass is 19.1. The fourth-order valence-electron chi connectivity index (χ4n) is 4.70. The third-order valence-electron chi connectivity index (χ3n) is 6.28. The minimum Gasteiger partial charge on any atom is -0.345 e. The average molecular weight is 370 g/mol. The molecular weight excluding hydrogens is 343 g/mol. The van der Waals surface area contributed by atoms with Crippen LogP contribution in [0.3, 0.4) is 0 Å². The van der Waals surface area contributed by atoms with Crippen molar-refractivity contribution in [1.29, 1.82) is 0 Å². The van der Waals surface area contributed by atoms with Gasteiger partial charge < -0.3 is 4.90 Å². The average Bonchev–Trinajstić information content (AvgIpc) is 3.17. The van der Waals surface area contributed by atoms with Crippen molar-refractivity contribution in [2.45, 2.75) is 39.7 Å². The molecule has 27 heavy (non-hydrogen) atoms. The number of aromatic nitrogens is 2. The van der Waals surface area contributed by atoms with E-state index in [2.05, 4.69) is 16.9 Å². The van der Waals surface area contributed by atoms with Gasteiger partial charge in [0, 0.05) is 37.9 Å². The highest BCUT2D eigenvalue weighted by Crippen LogP contribution is 2.40. The van der Waals surface area contributed by atoms with Crippen LogP contribution in [-0.2, 0) is 11.3 Å². The molecule has 4 rings (SSSR count). The van der Waals surface area contributed by atoms with Gasteiger partial charge in [0.1, 0.15) is 5.82 Å². The molecule has 1 amide bonds. The highest BCUT2D eigenvalue weighted by Gasteiger charge is 2.47. The lowest BCUT2D eigenvalue weighted by atomic mass is 9.78. The molecule has 5 nitrogen and oxygen atoms in total. The summed E-state index contributed by atoms with van der Waals surface area (Å²) in [6.07, 6.45) is 3.04. The number of benzene rings is 1. The zero-order chi connectivity index (χ0) is 19.2. The van der Waals surface area contributed by atoms with Crippen LogP contribution in [0.2, 0.25) is 0 Å². The molecule has 0 N–H and O–H groups in total. The first-order valence-electron chi connectivity index (χ1n) is 9.69. The molecule has 2 aliphatic heterocycles. The third kappa shape index (κ3) is 3.16. The lowest BCUT2D eigenvalue weighted by Crippen LogP contribution is -2.48. The van der Waals surface area contributed by atoms with Gasteiger partial charge in [-0.3, -0.25) is 9.69 Å². The molecule has 2 saturated heterocycles. The lowest BCUT2D eigenvalue weighted by Gasteiger charge is -2.37. The molecule has 1 spiro atoms. The van der Waals surface area contributed by atoms with E-state index in [1.165, 1.54) is 17.7 Å². The molecular formula is C21H27FN4O. The Labute approximate surface area is 159 Å². The second-order valence-corrected chi connectivity index (χ2v) is 8.11. The van der Waals surface area contributed by atoms with E-state index in [1.54, 1.807) is 12.1 Å². The van der Waals surface area contributed by atoms with Gasteiger partial charge in [-0.2, -0.15) is 5.10 Å². The van der Waals surface area contributed by atoms with E-state index in [0.29, 0.717) is 5.91 Å². The van der Waals surface area contributed by atoms with E-state index in [0.717, 1.165) is 62.5 Å². The fourth-order valence-corrected chi connectivity index (χ4v) is 4.70. The molecule has 1 aromatic heterocycles. The summed E-state index contributed by atoms with van der Waals surface area (Å²) in [7, 11) is 1.92. The maximum Gasteiger partial charge on any atom is 0.229 e. The van der Waals surface area contributed by atoms with Crippen molar-refractivity contribution in [1.82, 2.24) is 19.6 Å². The Hall–Kier alpha value is -2.21. The summed E-state index contributed by atoms with van der Waals surface area (Å²) in [6, 6.07) is 6.42. The first-order chi connectivity index (χ1) is 12.9. The van der Waals surface area contributed by atoms with E-state index in [-0.39, 0.29) is 11.2 Å². The summed E-state index contributed by atoms with van der Waals surface area (Å²) in [5, 5.41) is 4.68. The second kappa shape index (κ2) is 6.75. The zero-order valence-electron chi connectivity index (χ0n) is 16.3. The Balaban J connectivity index is 1.54. The van der Waals surface area contributed by atoms with Crippen LogP contribution in [-0.4, -0.2) is 52.2 Å². The molecule has 2 aromatic rings. The molecule has 0 unspecified atom stereocenters. The number of aryl methyl sites for hydroxylation is 1. The van der Waals surface area contributed by atoms with Crippen molar-refractivity contribution in [3.05, 3.63) is 47.0 Å². The molecule has 1 atom stereocenters. The quantitative estimate of drug-likeness (QED) is 0.834. The molecule has 0 bridgehead atoms. The molecule has 144 valence electrons. The van der Waals surface area contributed by atoms with Crippen LogP contribution >= 0.6 is 0 Å². The number of amides is 1. The Kier molecular flexibility index (Phi) is 4.54. The number of piperidine rings is 1. The van der Waals surface area contributed by atoms with Crippen LogP contribution in [0.5, 0.6) is 0 Å². The van der Waals surface area contributed by atoms with E-state index >= 15 is 0 Å². The molecule has 6 heteroatoms. The Morgan fingerprint density at radius 1 is 1.15 bits per heavy atom. The number of carbonyl (C=O) groups excluding carboxylic acids is 1. The number of halogens is 1. The smallest absolute Gasteiger partial charge is 0.229 e. The predicted molar refractivity (Wildman–Crippen MR) is 102 cm³/mol. The van der Waals surface area contributed by atoms with E-state index in [9.17, 15) is 9.18 Å². The van der Waals surface area contributed by atoms with Crippen LogP contribution in [0.15, 0.2) is 24.3 Å². The maximum atomic E-state index is 13.2. The molecule has 2 fully saturated rings. The van der Waals surface area contributed by atoms with Gasteiger partial charge >= 0.3 is 0 Å². The number of hydrogen-bond donors (Lipinski definition) is 0. The predicted octanol–water partition coefficient (Wildman–Crippen LogP) is 3.07. The maximum absolute atomic E-state index is 13.2. The summed E-state index contributed by atoms with van der Waals surface area (Å²) < 4.78 is 15.1. The summed E-state index contributed by atoms with van der Waals surface area (Å²) in [6.45, 7) is 7.54. The summed E-state index contributed by atoms with van der Waals surface area (Å²) in [5.74, 6) is 0.0664. The second-order valence-electron chi connectivity index (χ2n) is 8.11. The molecule has 3 heterocycles. The standard InChI is InChI=1S/C21H27FN4O/c1-15-19(16(2)26(23-15)18-7-5-17(22)6-8-18)13-25-12-10-21(14-25)9-4-11-24(3)20(21)27/h5-8H,4,9-14H2,1-3H3/t21-/m0/s1. The molecule has 0 radical (unpaired) electrons. The van der Waals surface area contributed by atoms with Gasteiger partial charge in [0.2, 0.25) is 5.91 Å². The van der Waals surface area contributed by atoms with Gasteiger partial charge in [-0.1, -0.05) is 0 Å². The van der Waals surface area contributed by atoms with E-state index < -0.39 is 0 Å².